The van der Waals surface area contributed by atoms with Gasteiger partial charge in [0.25, 0.3) is 0 Å². The van der Waals surface area contributed by atoms with Gasteiger partial charge in [-0.05, 0) is 76.0 Å². The molecule has 0 atom stereocenters. The van der Waals surface area contributed by atoms with Gasteiger partial charge in [-0.25, -0.2) is 9.37 Å². The van der Waals surface area contributed by atoms with Crippen LogP contribution in [0.1, 0.15) is 112 Å². The number of aryl methyl sites for hydroxylation is 1. The molecule has 0 amide bonds. The number of hydrogen-bond acceptors (Lipinski definition) is 2. The number of para-hydroxylation sites is 2. The molecular weight excluding hydrogens is 531 g/mol. The first kappa shape index (κ1) is 25.6. The number of nitrogens with zero attached hydrogens (tertiary/aromatic N) is 2. The smallest absolute Gasteiger partial charge is 0.171 e. The number of aromatic nitrogens is 2. The third-order valence-corrected chi connectivity index (χ3v) is 8.67. The largest absolute Gasteiger partial charge is 0.452 e. The first-order valence-corrected chi connectivity index (χ1v) is 15.3. The van der Waals surface area contributed by atoms with E-state index in [1.807, 2.05) is 12.1 Å². The van der Waals surface area contributed by atoms with Gasteiger partial charge in [0.15, 0.2) is 11.4 Å². The van der Waals surface area contributed by atoms with E-state index in [4.69, 9.17) is 13.5 Å². The first-order valence-electron chi connectivity index (χ1n) is 16.8. The van der Waals surface area contributed by atoms with E-state index in [2.05, 4.69) is 85.1 Å². The minimum Gasteiger partial charge on any atom is -0.452 e. The van der Waals surface area contributed by atoms with Crippen LogP contribution in [0.15, 0.2) is 65.1 Å². The highest BCUT2D eigenvalue weighted by atomic mass is 19.1. The normalized spacial score (nSPS) is 14.0. The number of imidazole rings is 1. The Morgan fingerprint density at radius 1 is 0.814 bits per heavy atom. The van der Waals surface area contributed by atoms with Gasteiger partial charge in [-0.15, -0.1) is 0 Å². The van der Waals surface area contributed by atoms with Gasteiger partial charge in [-0.3, -0.25) is 4.57 Å². The van der Waals surface area contributed by atoms with E-state index in [1.54, 1.807) is 24.3 Å². The maximum absolute atomic E-state index is 15.2. The standard InChI is InChI=1S/C39H43FN2O/c1-21(2)26-13-12-16-32-35(26)42(34-29(22(3)4)19-25(39(8,9)10)20-30(34)23(5)6)38(41-32)28-18-17-24(7)33-27-14-11-15-31(40)36(27)43-37(28)33/h11-23H,1-10H3/i7D3. The molecule has 0 aliphatic carbocycles. The van der Waals surface area contributed by atoms with Crippen molar-refractivity contribution in [3.05, 3.63) is 94.3 Å². The summed E-state index contributed by atoms with van der Waals surface area (Å²) in [6.45, 7) is 17.6. The Morgan fingerprint density at radius 3 is 2.07 bits per heavy atom. The molecule has 0 aliphatic rings. The van der Waals surface area contributed by atoms with Gasteiger partial charge in [0, 0.05) is 14.9 Å². The monoisotopic (exact) mass is 577 g/mol. The van der Waals surface area contributed by atoms with Crippen LogP contribution in [-0.2, 0) is 5.41 Å². The van der Waals surface area contributed by atoms with Gasteiger partial charge in [0.1, 0.15) is 11.4 Å². The molecule has 2 aromatic heterocycles. The summed E-state index contributed by atoms with van der Waals surface area (Å²) in [6, 6.07) is 19.0. The number of rotatable bonds is 5. The Morgan fingerprint density at radius 2 is 1.47 bits per heavy atom. The van der Waals surface area contributed by atoms with Crippen LogP contribution in [-0.4, -0.2) is 9.55 Å². The number of furan rings is 1. The second-order valence-corrected chi connectivity index (χ2v) is 13.8. The number of halogens is 1. The van der Waals surface area contributed by atoms with Crippen molar-refractivity contribution in [3.8, 4) is 17.1 Å². The van der Waals surface area contributed by atoms with Crippen LogP contribution in [0.4, 0.5) is 4.39 Å². The van der Waals surface area contributed by atoms with E-state index in [-0.39, 0.29) is 34.3 Å². The van der Waals surface area contributed by atoms with E-state index in [0.717, 1.165) is 22.3 Å². The molecule has 222 valence electrons. The summed E-state index contributed by atoms with van der Waals surface area (Å²) in [5, 5.41) is 0.833. The van der Waals surface area contributed by atoms with Crippen LogP contribution in [0.3, 0.4) is 0 Å². The maximum Gasteiger partial charge on any atom is 0.171 e. The Balaban J connectivity index is 1.85. The second kappa shape index (κ2) is 10.4. The summed E-state index contributed by atoms with van der Waals surface area (Å²) in [7, 11) is 0. The fourth-order valence-electron chi connectivity index (χ4n) is 6.31. The lowest BCUT2D eigenvalue weighted by atomic mass is 9.81. The predicted molar refractivity (Wildman–Crippen MR) is 179 cm³/mol. The van der Waals surface area contributed by atoms with E-state index >= 15 is 4.39 Å². The van der Waals surface area contributed by atoms with Crippen LogP contribution in [0.5, 0.6) is 0 Å². The lowest BCUT2D eigenvalue weighted by Crippen LogP contribution is -2.16. The summed E-state index contributed by atoms with van der Waals surface area (Å²) >= 11 is 0. The number of fused-ring (bicyclic) bond motifs is 4. The van der Waals surface area contributed by atoms with Crippen LogP contribution >= 0.6 is 0 Å². The minimum atomic E-state index is -2.43. The lowest BCUT2D eigenvalue weighted by molar-refractivity contribution is 0.584. The fourth-order valence-corrected chi connectivity index (χ4v) is 6.31. The van der Waals surface area contributed by atoms with Crippen molar-refractivity contribution >= 4 is 33.0 Å². The molecular formula is C39H43FN2O. The Kier molecular flexibility index (Phi) is 6.16. The van der Waals surface area contributed by atoms with Crippen molar-refractivity contribution in [1.29, 1.82) is 0 Å². The molecule has 0 saturated carbocycles. The van der Waals surface area contributed by atoms with Crippen molar-refractivity contribution in [3.63, 3.8) is 0 Å². The molecule has 0 spiro atoms. The number of hydrogen-bond donors (Lipinski definition) is 0. The fraction of sp³-hybridized carbons (Fsp3) is 0.359. The van der Waals surface area contributed by atoms with Crippen molar-refractivity contribution < 1.29 is 12.9 Å². The summed E-state index contributed by atoms with van der Waals surface area (Å²) in [5.41, 5.74) is 8.83. The molecule has 6 aromatic rings. The van der Waals surface area contributed by atoms with Crippen LogP contribution in [0, 0.1) is 12.7 Å². The molecule has 0 saturated heterocycles. The molecule has 43 heavy (non-hydrogen) atoms. The van der Waals surface area contributed by atoms with Crippen LogP contribution < -0.4 is 0 Å². The molecule has 0 N–H and O–H groups in total. The topological polar surface area (TPSA) is 31.0 Å². The van der Waals surface area contributed by atoms with Gasteiger partial charge in [-0.2, -0.15) is 0 Å². The summed E-state index contributed by atoms with van der Waals surface area (Å²) in [5.74, 6) is 0.712. The van der Waals surface area contributed by atoms with Crippen molar-refractivity contribution in [2.45, 2.75) is 92.3 Å². The average molecular weight is 578 g/mol. The molecule has 0 fully saturated rings. The Hall–Kier alpha value is -3.92. The van der Waals surface area contributed by atoms with E-state index in [0.29, 0.717) is 27.7 Å². The highest BCUT2D eigenvalue weighted by Crippen LogP contribution is 2.44. The molecule has 2 heterocycles. The second-order valence-electron chi connectivity index (χ2n) is 13.8. The predicted octanol–water partition coefficient (Wildman–Crippen LogP) is 11.7. The SMILES string of the molecule is [2H]C([2H])([2H])c1ccc(-c2nc3cccc(C(C)C)c3n2-c2c(C(C)C)cc(C(C)(C)C)cc2C(C)C)c2oc3c(F)cccc3c12. The summed E-state index contributed by atoms with van der Waals surface area (Å²) in [6.07, 6.45) is 0. The molecule has 6 rings (SSSR count). The van der Waals surface area contributed by atoms with Gasteiger partial charge in [0.05, 0.1) is 22.3 Å². The van der Waals surface area contributed by atoms with Crippen LogP contribution in [0.2, 0.25) is 0 Å². The molecule has 0 radical (unpaired) electrons. The zero-order valence-electron chi connectivity index (χ0n) is 29.7. The van der Waals surface area contributed by atoms with Gasteiger partial charge < -0.3 is 4.42 Å². The third-order valence-electron chi connectivity index (χ3n) is 8.67. The lowest BCUT2D eigenvalue weighted by Gasteiger charge is -2.28. The van der Waals surface area contributed by atoms with Gasteiger partial charge >= 0.3 is 0 Å². The van der Waals surface area contributed by atoms with Gasteiger partial charge in [-0.1, -0.05) is 105 Å². The summed E-state index contributed by atoms with van der Waals surface area (Å²) in [4.78, 5) is 5.28. The Bertz CT molecular complexity index is 2090. The third kappa shape index (κ3) is 4.67. The maximum atomic E-state index is 15.2. The highest BCUT2D eigenvalue weighted by molar-refractivity contribution is 6.11. The molecule has 3 nitrogen and oxygen atoms in total. The average Bonchev–Trinajstić information content (AvgIpc) is 3.54. The quantitative estimate of drug-likeness (QED) is 0.204. The first-order chi connectivity index (χ1) is 21.5. The van der Waals surface area contributed by atoms with Crippen molar-refractivity contribution in [1.82, 2.24) is 9.55 Å². The zero-order chi connectivity index (χ0) is 33.5. The number of benzene rings is 4. The van der Waals surface area contributed by atoms with Crippen molar-refractivity contribution in [2.24, 2.45) is 0 Å². The van der Waals surface area contributed by atoms with E-state index < -0.39 is 12.7 Å². The van der Waals surface area contributed by atoms with Crippen LogP contribution in [0.25, 0.3) is 50.0 Å². The molecule has 4 aromatic carbocycles. The highest BCUT2D eigenvalue weighted by Gasteiger charge is 2.28. The zero-order valence-corrected chi connectivity index (χ0v) is 26.7. The molecule has 0 unspecified atom stereocenters. The molecule has 0 aliphatic heterocycles. The van der Waals surface area contributed by atoms with Crippen molar-refractivity contribution in [2.75, 3.05) is 0 Å². The van der Waals surface area contributed by atoms with Gasteiger partial charge in [0.2, 0.25) is 0 Å². The summed E-state index contributed by atoms with van der Waals surface area (Å²) < 4.78 is 48.8. The Labute approximate surface area is 259 Å². The molecule has 0 bridgehead atoms. The van der Waals surface area contributed by atoms with E-state index in [9.17, 15) is 0 Å². The van der Waals surface area contributed by atoms with E-state index in [1.165, 1.54) is 22.8 Å². The molecule has 4 heteroatoms. The minimum absolute atomic E-state index is 0.0428.